The fourth-order valence-corrected chi connectivity index (χ4v) is 2.64. The average Bonchev–Trinajstić information content (AvgIpc) is 2.34. The van der Waals surface area contributed by atoms with Crippen molar-refractivity contribution >= 4 is 23.0 Å². The summed E-state index contributed by atoms with van der Waals surface area (Å²) in [4.78, 5) is 2.40. The van der Waals surface area contributed by atoms with Gasteiger partial charge in [0, 0.05) is 11.6 Å². The molecule has 1 aliphatic heterocycles. The molecule has 2 rings (SSSR count). The molecular weight excluding hydrogens is 246 g/mol. The first-order valence-corrected chi connectivity index (χ1v) is 7.00. The van der Waals surface area contributed by atoms with Gasteiger partial charge in [0.1, 0.15) is 0 Å². The molecule has 0 atom stereocenters. The van der Waals surface area contributed by atoms with Crippen LogP contribution in [0.3, 0.4) is 0 Å². The molecule has 0 aliphatic carbocycles. The molecule has 3 nitrogen and oxygen atoms in total. The first kappa shape index (κ1) is 13.5. The van der Waals surface area contributed by atoms with E-state index >= 15 is 0 Å². The van der Waals surface area contributed by atoms with Crippen LogP contribution in [0.25, 0.3) is 0 Å². The Kier molecular flexibility index (Phi) is 4.72. The summed E-state index contributed by atoms with van der Waals surface area (Å²) in [7, 11) is 2.20. The maximum Gasteiger partial charge on any atom is 0.0574 e. The first-order valence-electron chi connectivity index (χ1n) is 6.62. The molecule has 3 N–H and O–H groups in total. The number of nitrogens with zero attached hydrogens (tertiary/aromatic N) is 1. The number of likely N-dealkylation sites (tertiary alicyclic amines) is 1. The molecule has 1 aromatic carbocycles. The van der Waals surface area contributed by atoms with Gasteiger partial charge in [0.15, 0.2) is 0 Å². The van der Waals surface area contributed by atoms with Crippen molar-refractivity contribution in [3.63, 3.8) is 0 Å². The van der Waals surface area contributed by atoms with Crippen LogP contribution in [0.15, 0.2) is 18.2 Å². The largest absolute Gasteiger partial charge is 0.397 e. The lowest BCUT2D eigenvalue weighted by molar-refractivity contribution is 0.215. The lowest BCUT2D eigenvalue weighted by atomic mass is 9.94. The molecule has 0 spiro atoms. The Hall–Kier alpha value is -0.930. The van der Waals surface area contributed by atoms with E-state index in [1.807, 2.05) is 12.1 Å². The number of nitrogens with one attached hydrogen (secondary N) is 1. The molecule has 100 valence electrons. The fourth-order valence-electron chi connectivity index (χ4n) is 2.46. The molecule has 1 saturated heterocycles. The van der Waals surface area contributed by atoms with Gasteiger partial charge < -0.3 is 16.0 Å². The van der Waals surface area contributed by atoms with Gasteiger partial charge in [-0.2, -0.15) is 0 Å². The van der Waals surface area contributed by atoms with Crippen LogP contribution in [0.2, 0.25) is 5.02 Å². The monoisotopic (exact) mass is 267 g/mol. The summed E-state index contributed by atoms with van der Waals surface area (Å²) in [5.74, 6) is 0.849. The van der Waals surface area contributed by atoms with Crippen LogP contribution >= 0.6 is 11.6 Å². The van der Waals surface area contributed by atoms with Crippen LogP contribution < -0.4 is 11.1 Å². The summed E-state index contributed by atoms with van der Waals surface area (Å²) in [5.41, 5.74) is 7.63. The van der Waals surface area contributed by atoms with Gasteiger partial charge in [-0.15, -0.1) is 0 Å². The molecule has 0 amide bonds. The third-order valence-corrected chi connectivity index (χ3v) is 3.95. The molecular formula is C14H22ClN3. The van der Waals surface area contributed by atoms with E-state index in [1.54, 1.807) is 6.07 Å². The number of benzene rings is 1. The van der Waals surface area contributed by atoms with E-state index in [-0.39, 0.29) is 0 Å². The summed E-state index contributed by atoms with van der Waals surface area (Å²) in [5, 5.41) is 4.09. The fraction of sp³-hybridized carbons (Fsp3) is 0.571. The summed E-state index contributed by atoms with van der Waals surface area (Å²) >= 11 is 5.87. The zero-order valence-electron chi connectivity index (χ0n) is 11.0. The minimum Gasteiger partial charge on any atom is -0.397 e. The number of rotatable bonds is 4. The molecule has 4 heteroatoms. The maximum absolute atomic E-state index is 5.91. The van der Waals surface area contributed by atoms with Crippen LogP contribution in [0.4, 0.5) is 11.4 Å². The lowest BCUT2D eigenvalue weighted by Crippen LogP contribution is -2.30. The van der Waals surface area contributed by atoms with Gasteiger partial charge in [-0.05, 0) is 63.5 Å². The third-order valence-electron chi connectivity index (χ3n) is 3.72. The van der Waals surface area contributed by atoms with Crippen molar-refractivity contribution in [3.8, 4) is 0 Å². The zero-order chi connectivity index (χ0) is 13.0. The molecule has 0 radical (unpaired) electrons. The van der Waals surface area contributed by atoms with Crippen molar-refractivity contribution in [3.05, 3.63) is 23.2 Å². The predicted octanol–water partition coefficient (Wildman–Crippen LogP) is 3.07. The summed E-state index contributed by atoms with van der Waals surface area (Å²) < 4.78 is 0. The molecule has 0 unspecified atom stereocenters. The highest BCUT2D eigenvalue weighted by Gasteiger charge is 2.15. The number of anilines is 2. The zero-order valence-corrected chi connectivity index (χ0v) is 11.7. The second-order valence-electron chi connectivity index (χ2n) is 5.19. The Bertz CT molecular complexity index is 387. The molecule has 0 bridgehead atoms. The standard InChI is InChI=1S/C14H22ClN3/c1-18-8-5-11(6-9-18)4-7-17-14-3-2-12(15)10-13(14)16/h2-3,10-11,17H,4-9,16H2,1H3. The molecule has 1 fully saturated rings. The highest BCUT2D eigenvalue weighted by atomic mass is 35.5. The predicted molar refractivity (Wildman–Crippen MR) is 79.2 cm³/mol. The second kappa shape index (κ2) is 6.30. The number of hydrogen-bond acceptors (Lipinski definition) is 3. The van der Waals surface area contributed by atoms with Gasteiger partial charge in [-0.3, -0.25) is 0 Å². The Morgan fingerprint density at radius 2 is 2.11 bits per heavy atom. The van der Waals surface area contributed by atoms with Crippen LogP contribution in [0.5, 0.6) is 0 Å². The van der Waals surface area contributed by atoms with Crippen LogP contribution in [-0.4, -0.2) is 31.6 Å². The summed E-state index contributed by atoms with van der Waals surface area (Å²) in [6.07, 6.45) is 3.85. The molecule has 0 saturated carbocycles. The number of nitrogens with two attached hydrogens (primary N) is 1. The van der Waals surface area contributed by atoms with Crippen molar-refractivity contribution in [2.75, 3.05) is 37.7 Å². The van der Waals surface area contributed by atoms with E-state index in [2.05, 4.69) is 17.3 Å². The summed E-state index contributed by atoms with van der Waals surface area (Å²) in [6, 6.07) is 5.61. The molecule has 0 aromatic heterocycles. The van der Waals surface area contributed by atoms with E-state index in [0.29, 0.717) is 5.02 Å². The molecule has 1 aromatic rings. The highest BCUT2D eigenvalue weighted by Crippen LogP contribution is 2.24. The number of halogens is 1. The quantitative estimate of drug-likeness (QED) is 0.824. The first-order chi connectivity index (χ1) is 8.65. The van der Waals surface area contributed by atoms with Crippen molar-refractivity contribution in [1.82, 2.24) is 4.90 Å². The minimum absolute atomic E-state index is 0.688. The number of hydrogen-bond donors (Lipinski definition) is 2. The normalized spacial score (nSPS) is 17.9. The maximum atomic E-state index is 5.91. The van der Waals surface area contributed by atoms with E-state index < -0.39 is 0 Å². The number of nitrogen functional groups attached to an aromatic ring is 1. The Labute approximate surface area is 114 Å². The van der Waals surface area contributed by atoms with Gasteiger partial charge in [-0.25, -0.2) is 0 Å². The van der Waals surface area contributed by atoms with Gasteiger partial charge in [0.25, 0.3) is 0 Å². The van der Waals surface area contributed by atoms with Crippen molar-refractivity contribution in [1.29, 1.82) is 0 Å². The smallest absolute Gasteiger partial charge is 0.0574 e. The Morgan fingerprint density at radius 1 is 1.39 bits per heavy atom. The Morgan fingerprint density at radius 3 is 2.78 bits per heavy atom. The SMILES string of the molecule is CN1CCC(CCNc2ccc(Cl)cc2N)CC1. The van der Waals surface area contributed by atoms with E-state index in [0.717, 1.165) is 23.8 Å². The van der Waals surface area contributed by atoms with Gasteiger partial charge in [0.2, 0.25) is 0 Å². The topological polar surface area (TPSA) is 41.3 Å². The van der Waals surface area contributed by atoms with Gasteiger partial charge in [-0.1, -0.05) is 11.6 Å². The highest BCUT2D eigenvalue weighted by molar-refractivity contribution is 6.31. The van der Waals surface area contributed by atoms with Crippen LogP contribution in [0.1, 0.15) is 19.3 Å². The Balaban J connectivity index is 1.75. The second-order valence-corrected chi connectivity index (χ2v) is 5.63. The molecule has 1 aliphatic rings. The van der Waals surface area contributed by atoms with Crippen molar-refractivity contribution in [2.45, 2.75) is 19.3 Å². The third kappa shape index (κ3) is 3.79. The van der Waals surface area contributed by atoms with E-state index in [4.69, 9.17) is 17.3 Å². The lowest BCUT2D eigenvalue weighted by Gasteiger charge is -2.29. The van der Waals surface area contributed by atoms with Crippen molar-refractivity contribution in [2.24, 2.45) is 5.92 Å². The van der Waals surface area contributed by atoms with Crippen LogP contribution in [-0.2, 0) is 0 Å². The van der Waals surface area contributed by atoms with Gasteiger partial charge >= 0.3 is 0 Å². The molecule has 18 heavy (non-hydrogen) atoms. The number of piperidine rings is 1. The van der Waals surface area contributed by atoms with Crippen molar-refractivity contribution < 1.29 is 0 Å². The minimum atomic E-state index is 0.688. The summed E-state index contributed by atoms with van der Waals surface area (Å²) in [6.45, 7) is 3.45. The van der Waals surface area contributed by atoms with Gasteiger partial charge in [0.05, 0.1) is 11.4 Å². The van der Waals surface area contributed by atoms with E-state index in [1.165, 1.54) is 32.4 Å². The molecule has 1 heterocycles. The van der Waals surface area contributed by atoms with E-state index in [9.17, 15) is 0 Å². The van der Waals surface area contributed by atoms with Crippen LogP contribution in [0, 0.1) is 5.92 Å². The average molecular weight is 268 g/mol.